The Morgan fingerprint density at radius 1 is 0.833 bits per heavy atom. The second kappa shape index (κ2) is 14.4. The van der Waals surface area contributed by atoms with E-state index in [1.807, 2.05) is 19.1 Å². The molecule has 1 saturated carbocycles. The topological polar surface area (TPSA) is 35.5 Å². The Kier molecular flexibility index (Phi) is 11.5. The molecule has 0 N–H and O–H groups in total. The predicted molar refractivity (Wildman–Crippen MR) is 152 cm³/mol. The lowest BCUT2D eigenvalue weighted by atomic mass is 9.65. The first-order chi connectivity index (χ1) is 17.4. The molecule has 2 heterocycles. The van der Waals surface area contributed by atoms with E-state index in [1.54, 1.807) is 0 Å². The van der Waals surface area contributed by atoms with Crippen LogP contribution >= 0.6 is 0 Å². The molecule has 2 saturated heterocycles. The number of fused-ring (bicyclic) bond motifs is 3. The van der Waals surface area contributed by atoms with E-state index in [4.69, 9.17) is 9.47 Å². The second-order valence-corrected chi connectivity index (χ2v) is 12.0. The highest BCUT2D eigenvalue weighted by atomic mass is 16.5. The van der Waals surface area contributed by atoms with Crippen LogP contribution in [-0.2, 0) is 9.53 Å². The van der Waals surface area contributed by atoms with Crippen LogP contribution in [-0.4, -0.2) is 23.6 Å². The van der Waals surface area contributed by atoms with E-state index >= 15 is 0 Å². The fraction of sp³-hybridized carbons (Fsp3) is 0.727. The van der Waals surface area contributed by atoms with Gasteiger partial charge in [-0.25, -0.2) is 0 Å². The third kappa shape index (κ3) is 8.47. The van der Waals surface area contributed by atoms with Gasteiger partial charge in [-0.3, -0.25) is 4.79 Å². The molecule has 202 valence electrons. The van der Waals surface area contributed by atoms with Crippen LogP contribution in [0.2, 0.25) is 0 Å². The van der Waals surface area contributed by atoms with E-state index in [1.165, 1.54) is 83.5 Å². The number of ether oxygens (including phenoxy) is 2. The van der Waals surface area contributed by atoms with Crippen LogP contribution in [0.1, 0.15) is 136 Å². The minimum absolute atomic E-state index is 0.163. The summed E-state index contributed by atoms with van der Waals surface area (Å²) < 4.78 is 12.1. The van der Waals surface area contributed by atoms with E-state index in [-0.39, 0.29) is 17.3 Å². The molecule has 2 unspecified atom stereocenters. The van der Waals surface area contributed by atoms with Gasteiger partial charge >= 0.3 is 0 Å². The Labute approximate surface area is 221 Å². The zero-order chi connectivity index (χ0) is 25.9. The molecule has 3 aliphatic rings. The number of Topliss-reactive ketones (excluding diaryl/α,β-unsaturated/α-hetero) is 1. The maximum absolute atomic E-state index is 13.0. The van der Waals surface area contributed by atoms with Gasteiger partial charge in [-0.2, -0.15) is 0 Å². The summed E-state index contributed by atoms with van der Waals surface area (Å²) in [4.78, 5) is 13.0. The Bertz CT molecular complexity index is 822. The van der Waals surface area contributed by atoms with E-state index in [2.05, 4.69) is 39.0 Å². The van der Waals surface area contributed by atoms with Gasteiger partial charge in [0.25, 0.3) is 0 Å². The molecule has 1 aliphatic carbocycles. The SMILES string of the molecule is CCCCCCCCCCCCCCCCOc1ccc(/C=C2\C(=O)C3(C)CCC2C(C)(C)O3)cc1. The summed E-state index contributed by atoms with van der Waals surface area (Å²) in [5.74, 6) is 1.25. The van der Waals surface area contributed by atoms with Crippen molar-refractivity contribution < 1.29 is 14.3 Å². The zero-order valence-corrected chi connectivity index (χ0v) is 23.7. The van der Waals surface area contributed by atoms with E-state index in [0.717, 1.165) is 42.8 Å². The smallest absolute Gasteiger partial charge is 0.190 e. The molecule has 0 amide bonds. The van der Waals surface area contributed by atoms with Crippen molar-refractivity contribution in [3.63, 3.8) is 0 Å². The van der Waals surface area contributed by atoms with Crippen LogP contribution in [0.25, 0.3) is 6.08 Å². The third-order valence-corrected chi connectivity index (χ3v) is 8.32. The molecule has 4 rings (SSSR count). The van der Waals surface area contributed by atoms with Crippen molar-refractivity contribution in [3.05, 3.63) is 35.4 Å². The van der Waals surface area contributed by atoms with Gasteiger partial charge in [0, 0.05) is 11.5 Å². The molecule has 3 heteroatoms. The summed E-state index contributed by atoms with van der Waals surface area (Å²) in [6.07, 6.45) is 23.1. The van der Waals surface area contributed by atoms with Crippen molar-refractivity contribution in [1.29, 1.82) is 0 Å². The molecular weight excluding hydrogens is 444 g/mol. The number of ketones is 1. The van der Waals surface area contributed by atoms with Gasteiger partial charge in [0.2, 0.25) is 0 Å². The van der Waals surface area contributed by atoms with Crippen LogP contribution in [0.5, 0.6) is 5.75 Å². The fourth-order valence-electron chi connectivity index (χ4n) is 6.12. The van der Waals surface area contributed by atoms with Crippen LogP contribution < -0.4 is 4.74 Å². The van der Waals surface area contributed by atoms with E-state index < -0.39 is 5.60 Å². The van der Waals surface area contributed by atoms with E-state index in [9.17, 15) is 4.79 Å². The molecule has 2 atom stereocenters. The van der Waals surface area contributed by atoms with Gasteiger partial charge in [0.15, 0.2) is 5.78 Å². The minimum Gasteiger partial charge on any atom is -0.494 e. The largest absolute Gasteiger partial charge is 0.494 e. The van der Waals surface area contributed by atoms with Crippen molar-refractivity contribution in [2.24, 2.45) is 5.92 Å². The standard InChI is InChI=1S/C33H52O3/c1-5-6-7-8-9-10-11-12-13-14-15-16-17-18-25-35-28-21-19-27(20-22-28)26-29-30-23-24-33(4,31(29)34)36-32(30,2)3/h19-22,26,30H,5-18,23-25H2,1-4H3/b29-26-. The monoisotopic (exact) mass is 496 g/mol. The molecule has 3 nitrogen and oxygen atoms in total. The molecular formula is C33H52O3. The van der Waals surface area contributed by atoms with Gasteiger partial charge in [-0.05, 0) is 63.8 Å². The number of carbonyl (C=O) groups is 1. The summed E-state index contributed by atoms with van der Waals surface area (Å²) >= 11 is 0. The van der Waals surface area contributed by atoms with Crippen LogP contribution in [0, 0.1) is 5.92 Å². The van der Waals surface area contributed by atoms with Crippen LogP contribution in [0.4, 0.5) is 0 Å². The van der Waals surface area contributed by atoms with Gasteiger partial charge in [0.1, 0.15) is 11.4 Å². The van der Waals surface area contributed by atoms with E-state index in [0.29, 0.717) is 0 Å². The summed E-state index contributed by atoms with van der Waals surface area (Å²) in [6, 6.07) is 8.20. The molecule has 0 aromatic heterocycles. The number of unbranched alkanes of at least 4 members (excludes halogenated alkanes) is 13. The van der Waals surface area contributed by atoms with Crippen molar-refractivity contribution in [1.82, 2.24) is 0 Å². The zero-order valence-electron chi connectivity index (χ0n) is 23.7. The summed E-state index contributed by atoms with van der Waals surface area (Å²) in [7, 11) is 0. The fourth-order valence-corrected chi connectivity index (χ4v) is 6.12. The molecule has 1 aromatic carbocycles. The molecule has 36 heavy (non-hydrogen) atoms. The molecule has 0 radical (unpaired) electrons. The lowest BCUT2D eigenvalue weighted by molar-refractivity contribution is -0.206. The maximum atomic E-state index is 13.0. The highest BCUT2D eigenvalue weighted by molar-refractivity contribution is 6.07. The number of rotatable bonds is 17. The first kappa shape index (κ1) is 29.0. The Balaban J connectivity index is 1.26. The summed E-state index contributed by atoms with van der Waals surface area (Å²) in [5.41, 5.74) is 1.04. The first-order valence-electron chi connectivity index (χ1n) is 15.1. The van der Waals surface area contributed by atoms with Crippen molar-refractivity contribution in [3.8, 4) is 5.75 Å². The molecule has 2 bridgehead atoms. The predicted octanol–water partition coefficient (Wildman–Crippen LogP) is 9.48. The molecule has 3 fully saturated rings. The van der Waals surface area contributed by atoms with Crippen molar-refractivity contribution in [2.75, 3.05) is 6.61 Å². The Hall–Kier alpha value is -1.61. The lowest BCUT2D eigenvalue weighted by Gasteiger charge is -2.53. The Morgan fingerprint density at radius 2 is 1.36 bits per heavy atom. The molecule has 2 aliphatic heterocycles. The van der Waals surface area contributed by atoms with Crippen LogP contribution in [0.3, 0.4) is 0 Å². The first-order valence-corrected chi connectivity index (χ1v) is 15.1. The normalized spacial score (nSPS) is 23.9. The number of hydrogen-bond donors (Lipinski definition) is 0. The van der Waals surface area contributed by atoms with Gasteiger partial charge in [-0.15, -0.1) is 0 Å². The van der Waals surface area contributed by atoms with Crippen molar-refractivity contribution in [2.45, 2.75) is 142 Å². The quantitative estimate of drug-likeness (QED) is 0.159. The second-order valence-electron chi connectivity index (χ2n) is 12.0. The highest BCUT2D eigenvalue weighted by Crippen LogP contribution is 2.50. The molecule has 1 aromatic rings. The van der Waals surface area contributed by atoms with Gasteiger partial charge in [0.05, 0.1) is 12.2 Å². The Morgan fingerprint density at radius 3 is 1.89 bits per heavy atom. The average molecular weight is 497 g/mol. The number of carbonyl (C=O) groups excluding carboxylic acids is 1. The van der Waals surface area contributed by atoms with Crippen molar-refractivity contribution >= 4 is 11.9 Å². The summed E-state index contributed by atoms with van der Waals surface area (Å²) in [6.45, 7) is 9.25. The lowest BCUT2D eigenvalue weighted by Crippen LogP contribution is -2.60. The number of hydrogen-bond acceptors (Lipinski definition) is 3. The van der Waals surface area contributed by atoms with Gasteiger partial charge in [-0.1, -0.05) is 103 Å². The molecule has 0 spiro atoms. The highest BCUT2D eigenvalue weighted by Gasteiger charge is 2.56. The third-order valence-electron chi connectivity index (χ3n) is 8.32. The number of benzene rings is 1. The minimum atomic E-state index is -0.666. The maximum Gasteiger partial charge on any atom is 0.190 e. The van der Waals surface area contributed by atoms with Gasteiger partial charge < -0.3 is 9.47 Å². The van der Waals surface area contributed by atoms with Crippen LogP contribution in [0.15, 0.2) is 29.8 Å². The summed E-state index contributed by atoms with van der Waals surface area (Å²) in [5, 5.41) is 0. The average Bonchev–Trinajstić information content (AvgIpc) is 2.84.